The van der Waals surface area contributed by atoms with E-state index in [4.69, 9.17) is 0 Å². The number of ketones is 1. The molecule has 2 aromatic carbocycles. The number of carbonyl (C=O) groups excluding carboxylic acids is 2. The highest BCUT2D eigenvalue weighted by molar-refractivity contribution is 6.09. The predicted molar refractivity (Wildman–Crippen MR) is 81.6 cm³/mol. The van der Waals surface area contributed by atoms with Crippen LogP contribution in [0.15, 0.2) is 54.6 Å². The number of benzene rings is 2. The molecule has 1 atom stereocenters. The topological polar surface area (TPSA) is 66.4 Å². The fraction of sp³-hybridized carbons (Fsp3) is 0.176. The first-order valence-corrected chi connectivity index (χ1v) is 6.93. The van der Waals surface area contributed by atoms with Crippen molar-refractivity contribution >= 4 is 17.4 Å². The van der Waals surface area contributed by atoms with Gasteiger partial charge in [0.05, 0.1) is 0 Å². The molecule has 4 nitrogen and oxygen atoms in total. The zero-order valence-corrected chi connectivity index (χ0v) is 12.6. The zero-order chi connectivity index (χ0) is 18.0. The first-order valence-electron chi connectivity index (χ1n) is 6.93. The number of nitrogens with one attached hydrogen (secondary N) is 1. The van der Waals surface area contributed by atoms with E-state index in [9.17, 15) is 27.9 Å². The monoisotopic (exact) mass is 337 g/mol. The fourth-order valence-corrected chi connectivity index (χ4v) is 1.84. The number of hydrogen-bond donors (Lipinski definition) is 2. The van der Waals surface area contributed by atoms with Crippen LogP contribution in [0.3, 0.4) is 0 Å². The minimum atomic E-state index is -5.10. The molecule has 0 unspecified atom stereocenters. The third-order valence-corrected chi connectivity index (χ3v) is 3.44. The summed E-state index contributed by atoms with van der Waals surface area (Å²) in [6, 6.07) is 13.8. The van der Waals surface area contributed by atoms with Gasteiger partial charge >= 0.3 is 6.18 Å². The van der Waals surface area contributed by atoms with Gasteiger partial charge in [-0.3, -0.25) is 9.59 Å². The van der Waals surface area contributed by atoms with Crippen LogP contribution in [0.4, 0.5) is 18.9 Å². The van der Waals surface area contributed by atoms with Crippen LogP contribution >= 0.6 is 0 Å². The first kappa shape index (κ1) is 17.7. The summed E-state index contributed by atoms with van der Waals surface area (Å²) >= 11 is 0. The molecule has 0 bridgehead atoms. The molecule has 0 saturated carbocycles. The molecule has 0 fully saturated rings. The average Bonchev–Trinajstić information content (AvgIpc) is 2.54. The van der Waals surface area contributed by atoms with Gasteiger partial charge in [-0.05, 0) is 31.2 Å². The minimum Gasteiger partial charge on any atom is -0.373 e. The van der Waals surface area contributed by atoms with Crippen molar-refractivity contribution in [1.29, 1.82) is 0 Å². The summed E-state index contributed by atoms with van der Waals surface area (Å²) in [6.07, 6.45) is -5.10. The van der Waals surface area contributed by atoms with E-state index in [1.165, 1.54) is 24.3 Å². The van der Waals surface area contributed by atoms with Gasteiger partial charge in [0.2, 0.25) is 5.60 Å². The van der Waals surface area contributed by atoms with Crippen molar-refractivity contribution in [1.82, 2.24) is 0 Å². The van der Waals surface area contributed by atoms with Crippen molar-refractivity contribution in [2.24, 2.45) is 0 Å². The Kier molecular flexibility index (Phi) is 4.75. The summed E-state index contributed by atoms with van der Waals surface area (Å²) in [5, 5.41) is 11.3. The molecular formula is C17H14F3NO3. The maximum Gasteiger partial charge on any atom is 0.426 e. The van der Waals surface area contributed by atoms with Crippen LogP contribution < -0.4 is 5.32 Å². The van der Waals surface area contributed by atoms with E-state index < -0.39 is 17.7 Å². The van der Waals surface area contributed by atoms with Gasteiger partial charge in [-0.1, -0.05) is 30.3 Å². The third kappa shape index (κ3) is 3.62. The van der Waals surface area contributed by atoms with Crippen molar-refractivity contribution in [3.8, 4) is 0 Å². The lowest BCUT2D eigenvalue weighted by atomic mass is 10.0. The van der Waals surface area contributed by atoms with Crippen LogP contribution in [0.1, 0.15) is 22.8 Å². The van der Waals surface area contributed by atoms with E-state index in [2.05, 4.69) is 0 Å². The summed E-state index contributed by atoms with van der Waals surface area (Å²) in [5.41, 5.74) is -2.68. The second-order valence-corrected chi connectivity index (χ2v) is 5.30. The molecule has 2 N–H and O–H groups in total. The molecular weight excluding hydrogens is 323 g/mol. The van der Waals surface area contributed by atoms with Crippen molar-refractivity contribution < 1.29 is 27.9 Å². The van der Waals surface area contributed by atoms with E-state index in [0.29, 0.717) is 18.1 Å². The molecule has 0 aromatic heterocycles. The van der Waals surface area contributed by atoms with Gasteiger partial charge in [0.25, 0.3) is 5.91 Å². The fourth-order valence-electron chi connectivity index (χ4n) is 1.84. The molecule has 0 aliphatic rings. The number of aliphatic hydroxyl groups is 1. The van der Waals surface area contributed by atoms with Crippen molar-refractivity contribution in [3.05, 3.63) is 65.7 Å². The van der Waals surface area contributed by atoms with Crippen molar-refractivity contribution in [3.63, 3.8) is 0 Å². The highest BCUT2D eigenvalue weighted by Crippen LogP contribution is 2.31. The summed E-state index contributed by atoms with van der Waals surface area (Å²) in [4.78, 5) is 23.8. The zero-order valence-electron chi connectivity index (χ0n) is 12.6. The smallest absolute Gasteiger partial charge is 0.373 e. The molecule has 0 radical (unpaired) electrons. The number of anilines is 1. The molecule has 2 rings (SSSR count). The molecule has 126 valence electrons. The molecule has 2 aromatic rings. The molecule has 7 heteroatoms. The lowest BCUT2D eigenvalue weighted by Crippen LogP contribution is -2.52. The Hall–Kier alpha value is -2.67. The molecule has 0 saturated heterocycles. The van der Waals surface area contributed by atoms with Gasteiger partial charge in [-0.15, -0.1) is 0 Å². The highest BCUT2D eigenvalue weighted by atomic mass is 19.4. The van der Waals surface area contributed by atoms with Crippen molar-refractivity contribution in [2.75, 3.05) is 5.32 Å². The summed E-state index contributed by atoms with van der Waals surface area (Å²) in [6.45, 7) is 0.371. The summed E-state index contributed by atoms with van der Waals surface area (Å²) < 4.78 is 37.8. The lowest BCUT2D eigenvalue weighted by Gasteiger charge is -2.24. The van der Waals surface area contributed by atoms with Crippen LogP contribution in [0.2, 0.25) is 0 Å². The second kappa shape index (κ2) is 6.45. The molecule has 0 heterocycles. The minimum absolute atomic E-state index is 0.0362. The number of hydrogen-bond acceptors (Lipinski definition) is 3. The SMILES string of the molecule is C[C@@](O)(C(=O)Nc1ccc(C(=O)c2ccccc2)cc1)C(F)(F)F. The van der Waals surface area contributed by atoms with Gasteiger partial charge < -0.3 is 10.4 Å². The van der Waals surface area contributed by atoms with Gasteiger partial charge in [-0.2, -0.15) is 13.2 Å². The third-order valence-electron chi connectivity index (χ3n) is 3.44. The number of alkyl halides is 3. The second-order valence-electron chi connectivity index (χ2n) is 5.30. The predicted octanol–water partition coefficient (Wildman–Crippen LogP) is 3.17. The van der Waals surface area contributed by atoms with Crippen molar-refractivity contribution in [2.45, 2.75) is 18.7 Å². The van der Waals surface area contributed by atoms with Crippen LogP contribution in [0.25, 0.3) is 0 Å². The Morgan fingerprint density at radius 3 is 1.92 bits per heavy atom. The normalized spacial score (nSPS) is 13.9. The van der Waals surface area contributed by atoms with E-state index in [0.717, 1.165) is 0 Å². The average molecular weight is 337 g/mol. The van der Waals surface area contributed by atoms with E-state index in [-0.39, 0.29) is 11.5 Å². The van der Waals surface area contributed by atoms with Crippen LogP contribution in [-0.2, 0) is 4.79 Å². The maximum absolute atomic E-state index is 12.6. The van der Waals surface area contributed by atoms with Crippen LogP contribution in [0, 0.1) is 0 Å². The molecule has 0 aliphatic carbocycles. The number of rotatable bonds is 4. The van der Waals surface area contributed by atoms with E-state index in [1.54, 1.807) is 30.3 Å². The summed E-state index contributed by atoms with van der Waals surface area (Å²) in [5.74, 6) is -1.85. The Morgan fingerprint density at radius 2 is 1.42 bits per heavy atom. The van der Waals surface area contributed by atoms with Crippen LogP contribution in [0.5, 0.6) is 0 Å². The molecule has 0 aliphatic heterocycles. The Balaban J connectivity index is 2.13. The summed E-state index contributed by atoms with van der Waals surface area (Å²) in [7, 11) is 0. The molecule has 1 amide bonds. The van der Waals surface area contributed by atoms with E-state index in [1.807, 2.05) is 5.32 Å². The Morgan fingerprint density at radius 1 is 0.917 bits per heavy atom. The maximum atomic E-state index is 12.6. The number of amides is 1. The highest BCUT2D eigenvalue weighted by Gasteiger charge is 2.55. The van der Waals surface area contributed by atoms with Gasteiger partial charge in [-0.25, -0.2) is 0 Å². The number of halogens is 3. The standard InChI is InChI=1S/C17H14F3NO3/c1-16(24,17(18,19)20)15(23)21-13-9-7-12(8-10-13)14(22)11-5-3-2-4-6-11/h2-10,24H,1H3,(H,21,23)/t16-/m1/s1. The number of carbonyl (C=O) groups is 2. The molecule has 0 spiro atoms. The Bertz CT molecular complexity index is 738. The van der Waals surface area contributed by atoms with Gasteiger partial charge in [0.1, 0.15) is 0 Å². The van der Waals surface area contributed by atoms with E-state index >= 15 is 0 Å². The Labute approximate surface area is 135 Å². The van der Waals surface area contributed by atoms with Gasteiger partial charge in [0, 0.05) is 16.8 Å². The largest absolute Gasteiger partial charge is 0.426 e. The first-order chi connectivity index (χ1) is 11.1. The van der Waals surface area contributed by atoms with Gasteiger partial charge in [0.15, 0.2) is 5.78 Å². The quantitative estimate of drug-likeness (QED) is 0.842. The lowest BCUT2D eigenvalue weighted by molar-refractivity contribution is -0.242. The molecule has 24 heavy (non-hydrogen) atoms. The van der Waals surface area contributed by atoms with Crippen LogP contribution in [-0.4, -0.2) is 28.6 Å².